The van der Waals surface area contributed by atoms with E-state index in [1.165, 1.54) is 0 Å². The quantitative estimate of drug-likeness (QED) is 0.270. The summed E-state index contributed by atoms with van der Waals surface area (Å²) in [5, 5.41) is 7.63. The molecule has 3 aromatic carbocycles. The van der Waals surface area contributed by atoms with Crippen LogP contribution in [0.4, 0.5) is 5.69 Å². The van der Waals surface area contributed by atoms with Gasteiger partial charge in [0.1, 0.15) is 17.2 Å². The molecule has 5 rings (SSSR count). The molecule has 4 aromatic rings. The molecule has 1 atom stereocenters. The van der Waals surface area contributed by atoms with Gasteiger partial charge in [0.2, 0.25) is 17.6 Å². The fourth-order valence-electron chi connectivity index (χ4n) is 4.50. The Kier molecular flexibility index (Phi) is 8.29. The number of rotatable bonds is 9. The number of methoxy groups -OCH3 is 2. The average Bonchev–Trinajstić information content (AvgIpc) is 3.43. The van der Waals surface area contributed by atoms with Crippen molar-refractivity contribution >= 4 is 23.2 Å². The number of piperidine rings is 1. The molecule has 1 saturated heterocycles. The van der Waals surface area contributed by atoms with Crippen molar-refractivity contribution in [2.45, 2.75) is 19.4 Å². The second kappa shape index (κ2) is 12.2. The zero-order valence-electron chi connectivity index (χ0n) is 21.7. The zero-order chi connectivity index (χ0) is 27.2. The van der Waals surface area contributed by atoms with Gasteiger partial charge in [-0.15, -0.1) is 0 Å². The number of hydrogen-bond acceptors (Lipinski definition) is 8. The Morgan fingerprint density at radius 2 is 1.85 bits per heavy atom. The lowest BCUT2D eigenvalue weighted by atomic mass is 9.97. The van der Waals surface area contributed by atoms with Gasteiger partial charge in [-0.25, -0.2) is 0 Å². The standard InChI is InChI=1S/C29H29ClN4O5/c1-36-22-11-8-19(9-12-22)28-32-27(39-33-28)18-34-14-4-5-20(17-34)29(35)31-25-15-21(30)10-13-26(25)38-24-7-3-6-23(16-24)37-2/h3,6-13,15-16,20H,4-5,14,17-18H2,1-2H3,(H,31,35). The van der Waals surface area contributed by atoms with Crippen LogP contribution < -0.4 is 19.5 Å². The summed E-state index contributed by atoms with van der Waals surface area (Å²) < 4.78 is 22.0. The predicted molar refractivity (Wildman–Crippen MR) is 147 cm³/mol. The van der Waals surface area contributed by atoms with E-state index in [-0.39, 0.29) is 11.8 Å². The van der Waals surface area contributed by atoms with Gasteiger partial charge in [0.05, 0.1) is 32.4 Å². The molecule has 1 fully saturated rings. The second-order valence-corrected chi connectivity index (χ2v) is 9.66. The molecule has 1 N–H and O–H groups in total. The number of nitrogens with one attached hydrogen (secondary N) is 1. The lowest BCUT2D eigenvalue weighted by Crippen LogP contribution is -2.40. The van der Waals surface area contributed by atoms with Crippen molar-refractivity contribution in [1.29, 1.82) is 0 Å². The summed E-state index contributed by atoms with van der Waals surface area (Å²) in [4.78, 5) is 20.0. The zero-order valence-corrected chi connectivity index (χ0v) is 22.5. The maximum absolute atomic E-state index is 13.3. The summed E-state index contributed by atoms with van der Waals surface area (Å²) in [6.45, 7) is 1.87. The van der Waals surface area contributed by atoms with E-state index in [1.807, 2.05) is 42.5 Å². The molecule has 0 saturated carbocycles. The van der Waals surface area contributed by atoms with Crippen LogP contribution in [0, 0.1) is 5.92 Å². The molecule has 1 amide bonds. The summed E-state index contributed by atoms with van der Waals surface area (Å²) in [5.41, 5.74) is 1.35. The summed E-state index contributed by atoms with van der Waals surface area (Å²) in [6.07, 6.45) is 1.65. The van der Waals surface area contributed by atoms with Crippen molar-refractivity contribution in [3.05, 3.63) is 77.6 Å². The van der Waals surface area contributed by atoms with Crippen LogP contribution in [-0.2, 0) is 11.3 Å². The molecule has 1 aliphatic heterocycles. The molecule has 0 spiro atoms. The predicted octanol–water partition coefficient (Wildman–Crippen LogP) is 6.05. The molecule has 0 radical (unpaired) electrons. The van der Waals surface area contributed by atoms with Gasteiger partial charge in [-0.3, -0.25) is 9.69 Å². The van der Waals surface area contributed by atoms with Crippen LogP contribution in [0.15, 0.2) is 71.3 Å². The van der Waals surface area contributed by atoms with Crippen LogP contribution in [0.5, 0.6) is 23.0 Å². The SMILES string of the molecule is COc1ccc(-c2noc(CN3CCCC(C(=O)Nc4cc(Cl)ccc4Oc4cccc(OC)c4)C3)n2)cc1. The third-order valence-corrected chi connectivity index (χ3v) is 6.76. The highest BCUT2D eigenvalue weighted by Crippen LogP contribution is 2.34. The Morgan fingerprint density at radius 1 is 1.05 bits per heavy atom. The number of ether oxygens (including phenoxy) is 3. The Labute approximate surface area is 231 Å². The van der Waals surface area contributed by atoms with Crippen LogP contribution in [0.2, 0.25) is 5.02 Å². The van der Waals surface area contributed by atoms with Crippen molar-refractivity contribution in [2.75, 3.05) is 32.6 Å². The first-order chi connectivity index (χ1) is 19.0. The van der Waals surface area contributed by atoms with Gasteiger partial charge < -0.3 is 24.1 Å². The average molecular weight is 549 g/mol. The van der Waals surface area contributed by atoms with E-state index in [1.54, 1.807) is 38.5 Å². The van der Waals surface area contributed by atoms with E-state index in [2.05, 4.69) is 20.4 Å². The van der Waals surface area contributed by atoms with Crippen molar-refractivity contribution < 1.29 is 23.5 Å². The molecule has 9 nitrogen and oxygen atoms in total. The highest BCUT2D eigenvalue weighted by Gasteiger charge is 2.28. The molecule has 1 aromatic heterocycles. The number of carbonyl (C=O) groups excluding carboxylic acids is 1. The molecule has 39 heavy (non-hydrogen) atoms. The molecular weight excluding hydrogens is 520 g/mol. The first-order valence-corrected chi connectivity index (χ1v) is 13.0. The van der Waals surface area contributed by atoms with Gasteiger partial charge in [0.15, 0.2) is 5.75 Å². The Morgan fingerprint density at radius 3 is 2.64 bits per heavy atom. The first-order valence-electron chi connectivity index (χ1n) is 12.6. The molecule has 10 heteroatoms. The smallest absolute Gasteiger partial charge is 0.241 e. The minimum Gasteiger partial charge on any atom is -0.497 e. The molecule has 202 valence electrons. The number of amides is 1. The molecule has 0 aliphatic carbocycles. The van der Waals surface area contributed by atoms with E-state index in [4.69, 9.17) is 30.3 Å². The lowest BCUT2D eigenvalue weighted by molar-refractivity contribution is -0.121. The molecule has 1 unspecified atom stereocenters. The number of benzene rings is 3. The van der Waals surface area contributed by atoms with Gasteiger partial charge in [-0.1, -0.05) is 22.8 Å². The van der Waals surface area contributed by atoms with E-state index in [0.717, 1.165) is 30.7 Å². The Bertz CT molecular complexity index is 1430. The minimum atomic E-state index is -0.216. The number of aromatic nitrogens is 2. The number of anilines is 1. The van der Waals surface area contributed by atoms with E-state index in [9.17, 15) is 4.79 Å². The van der Waals surface area contributed by atoms with Crippen LogP contribution in [0.1, 0.15) is 18.7 Å². The summed E-state index contributed by atoms with van der Waals surface area (Å²) >= 11 is 6.25. The number of carbonyl (C=O) groups is 1. The first kappa shape index (κ1) is 26.5. The largest absolute Gasteiger partial charge is 0.497 e. The number of likely N-dealkylation sites (tertiary alicyclic amines) is 1. The highest BCUT2D eigenvalue weighted by molar-refractivity contribution is 6.31. The van der Waals surface area contributed by atoms with Crippen molar-refractivity contribution in [2.24, 2.45) is 5.92 Å². The lowest BCUT2D eigenvalue weighted by Gasteiger charge is -2.31. The van der Waals surface area contributed by atoms with Crippen LogP contribution in [0.25, 0.3) is 11.4 Å². The molecular formula is C29H29ClN4O5. The van der Waals surface area contributed by atoms with E-state index >= 15 is 0 Å². The fourth-order valence-corrected chi connectivity index (χ4v) is 4.67. The third-order valence-electron chi connectivity index (χ3n) is 6.52. The molecule has 1 aliphatic rings. The maximum Gasteiger partial charge on any atom is 0.241 e. The van der Waals surface area contributed by atoms with Gasteiger partial charge in [0, 0.05) is 23.2 Å². The van der Waals surface area contributed by atoms with Gasteiger partial charge >= 0.3 is 0 Å². The van der Waals surface area contributed by atoms with Crippen molar-refractivity contribution in [1.82, 2.24) is 15.0 Å². The fraction of sp³-hybridized carbons (Fsp3) is 0.276. The number of nitrogens with zero attached hydrogens (tertiary/aromatic N) is 3. The van der Waals surface area contributed by atoms with Crippen molar-refractivity contribution in [3.8, 4) is 34.4 Å². The van der Waals surface area contributed by atoms with Crippen LogP contribution >= 0.6 is 11.6 Å². The maximum atomic E-state index is 13.3. The van der Waals surface area contributed by atoms with Crippen LogP contribution in [-0.4, -0.2) is 48.3 Å². The topological polar surface area (TPSA) is 99.0 Å². The van der Waals surface area contributed by atoms with Crippen molar-refractivity contribution in [3.63, 3.8) is 0 Å². The second-order valence-electron chi connectivity index (χ2n) is 9.23. The third kappa shape index (κ3) is 6.68. The van der Waals surface area contributed by atoms with E-state index in [0.29, 0.717) is 52.8 Å². The number of halogens is 1. The summed E-state index contributed by atoms with van der Waals surface area (Å²) in [5.74, 6) is 3.22. The van der Waals surface area contributed by atoms with E-state index < -0.39 is 0 Å². The molecule has 2 heterocycles. The Balaban J connectivity index is 1.22. The summed E-state index contributed by atoms with van der Waals surface area (Å²) in [7, 11) is 3.22. The van der Waals surface area contributed by atoms with Crippen LogP contribution in [0.3, 0.4) is 0 Å². The normalized spacial score (nSPS) is 15.5. The van der Waals surface area contributed by atoms with Gasteiger partial charge in [0.25, 0.3) is 0 Å². The van der Waals surface area contributed by atoms with Gasteiger partial charge in [-0.05, 0) is 74.0 Å². The number of hydrogen-bond donors (Lipinski definition) is 1. The molecule has 0 bridgehead atoms. The minimum absolute atomic E-state index is 0.0955. The highest BCUT2D eigenvalue weighted by atomic mass is 35.5. The monoisotopic (exact) mass is 548 g/mol. The summed E-state index contributed by atoms with van der Waals surface area (Å²) in [6, 6.07) is 19.9. The Hall–Kier alpha value is -4.08. The van der Waals surface area contributed by atoms with Gasteiger partial charge in [-0.2, -0.15) is 4.98 Å².